The predicted molar refractivity (Wildman–Crippen MR) is 84.0 cm³/mol. The molecule has 1 aromatic heterocycles. The van der Waals surface area contributed by atoms with Gasteiger partial charge in [0.15, 0.2) is 0 Å². The van der Waals surface area contributed by atoms with Crippen LogP contribution in [0, 0.1) is 0 Å². The lowest BCUT2D eigenvalue weighted by Gasteiger charge is -2.35. The zero-order valence-corrected chi connectivity index (χ0v) is 13.3. The highest BCUT2D eigenvalue weighted by molar-refractivity contribution is 4.98. The summed E-state index contributed by atoms with van der Waals surface area (Å²) in [5, 5.41) is 3.74. The van der Waals surface area contributed by atoms with Crippen LogP contribution in [-0.2, 0) is 6.42 Å². The molecule has 2 heterocycles. The molecule has 3 heteroatoms. The third-order valence-electron chi connectivity index (χ3n) is 4.64. The van der Waals surface area contributed by atoms with Gasteiger partial charge >= 0.3 is 0 Å². The summed E-state index contributed by atoms with van der Waals surface area (Å²) in [6, 6.07) is 6.03. The van der Waals surface area contributed by atoms with Crippen LogP contribution in [-0.4, -0.2) is 36.1 Å². The molecule has 0 aromatic carbocycles. The molecule has 20 heavy (non-hydrogen) atoms. The molecular formula is C17H30N2O. The first kappa shape index (κ1) is 15.6. The molecule has 0 amide bonds. The zero-order chi connectivity index (χ0) is 14.4. The molecule has 2 rings (SSSR count). The summed E-state index contributed by atoms with van der Waals surface area (Å²) >= 11 is 0. The minimum Gasteiger partial charge on any atom is -0.469 e. The van der Waals surface area contributed by atoms with Crippen molar-refractivity contribution in [3.05, 3.63) is 24.2 Å². The molecular weight excluding hydrogens is 248 g/mol. The molecule has 0 saturated carbocycles. The van der Waals surface area contributed by atoms with Crippen LogP contribution in [0.5, 0.6) is 0 Å². The lowest BCUT2D eigenvalue weighted by atomic mass is 10.0. The lowest BCUT2D eigenvalue weighted by Crippen LogP contribution is -2.46. The average molecular weight is 278 g/mol. The summed E-state index contributed by atoms with van der Waals surface area (Å²) in [5.41, 5.74) is 0. The Morgan fingerprint density at radius 1 is 1.40 bits per heavy atom. The van der Waals surface area contributed by atoms with Crippen LogP contribution in [0.1, 0.15) is 52.2 Å². The Labute approximate surface area is 123 Å². The van der Waals surface area contributed by atoms with E-state index in [-0.39, 0.29) is 0 Å². The molecule has 0 spiro atoms. The highest BCUT2D eigenvalue weighted by Crippen LogP contribution is 2.15. The topological polar surface area (TPSA) is 28.4 Å². The fourth-order valence-electron chi connectivity index (χ4n) is 3.11. The van der Waals surface area contributed by atoms with Gasteiger partial charge in [-0.05, 0) is 64.8 Å². The van der Waals surface area contributed by atoms with Crippen LogP contribution in [0.2, 0.25) is 0 Å². The number of hydrogen-bond donors (Lipinski definition) is 1. The maximum absolute atomic E-state index is 5.44. The third kappa shape index (κ3) is 4.64. The SMILES string of the molecule is CCC1CCN(C(C)CCc2ccco2)CCC(C)N1. The summed E-state index contributed by atoms with van der Waals surface area (Å²) in [6.07, 6.45) is 7.77. The van der Waals surface area contributed by atoms with Gasteiger partial charge in [-0.25, -0.2) is 0 Å². The normalized spacial score (nSPS) is 26.9. The third-order valence-corrected chi connectivity index (χ3v) is 4.64. The van der Waals surface area contributed by atoms with Gasteiger partial charge in [-0.3, -0.25) is 0 Å². The second kappa shape index (κ2) is 7.84. The summed E-state index contributed by atoms with van der Waals surface area (Å²) in [7, 11) is 0. The van der Waals surface area contributed by atoms with Crippen molar-refractivity contribution < 1.29 is 4.42 Å². The summed E-state index contributed by atoms with van der Waals surface area (Å²) in [4.78, 5) is 2.67. The molecule has 114 valence electrons. The largest absolute Gasteiger partial charge is 0.469 e. The minimum atomic E-state index is 0.639. The van der Waals surface area contributed by atoms with Crippen molar-refractivity contribution in [2.75, 3.05) is 13.1 Å². The van der Waals surface area contributed by atoms with Crippen LogP contribution < -0.4 is 5.32 Å². The maximum atomic E-state index is 5.44. The standard InChI is InChI=1S/C17H30N2O/c1-4-16-10-12-19(11-9-14(2)18-16)15(3)7-8-17-6-5-13-20-17/h5-6,13-16,18H,4,7-12H2,1-3H3. The number of nitrogens with zero attached hydrogens (tertiary/aromatic N) is 1. The van der Waals surface area contributed by atoms with Crippen LogP contribution >= 0.6 is 0 Å². The Bertz CT molecular complexity index is 363. The number of furan rings is 1. The smallest absolute Gasteiger partial charge is 0.103 e. The van der Waals surface area contributed by atoms with Gasteiger partial charge in [0.1, 0.15) is 5.76 Å². The van der Waals surface area contributed by atoms with E-state index in [9.17, 15) is 0 Å². The first-order valence-electron chi connectivity index (χ1n) is 8.21. The quantitative estimate of drug-likeness (QED) is 0.894. The Kier molecular flexibility index (Phi) is 6.11. The zero-order valence-electron chi connectivity index (χ0n) is 13.3. The van der Waals surface area contributed by atoms with Gasteiger partial charge < -0.3 is 14.6 Å². The Hall–Kier alpha value is -0.800. The molecule has 0 aliphatic carbocycles. The molecule has 1 saturated heterocycles. The Morgan fingerprint density at radius 3 is 2.90 bits per heavy atom. The predicted octanol–water partition coefficient (Wildman–Crippen LogP) is 3.45. The molecule has 1 aliphatic heterocycles. The van der Waals surface area contributed by atoms with Gasteiger partial charge in [0.2, 0.25) is 0 Å². The van der Waals surface area contributed by atoms with E-state index in [0.717, 1.165) is 12.2 Å². The second-order valence-electron chi connectivity index (χ2n) is 6.25. The molecule has 1 N–H and O–H groups in total. The van der Waals surface area contributed by atoms with Crippen LogP contribution in [0.25, 0.3) is 0 Å². The summed E-state index contributed by atoms with van der Waals surface area (Å²) < 4.78 is 5.44. The van der Waals surface area contributed by atoms with E-state index in [1.165, 1.54) is 38.8 Å². The lowest BCUT2D eigenvalue weighted by molar-refractivity contribution is 0.160. The van der Waals surface area contributed by atoms with Crippen molar-refractivity contribution in [2.24, 2.45) is 0 Å². The van der Waals surface area contributed by atoms with Gasteiger partial charge in [0, 0.05) is 24.5 Å². The summed E-state index contributed by atoms with van der Waals surface area (Å²) in [6.45, 7) is 9.40. The highest BCUT2D eigenvalue weighted by Gasteiger charge is 2.20. The van der Waals surface area contributed by atoms with Gasteiger partial charge in [-0.15, -0.1) is 0 Å². The first-order chi connectivity index (χ1) is 9.69. The van der Waals surface area contributed by atoms with Crippen molar-refractivity contribution in [3.63, 3.8) is 0 Å². The van der Waals surface area contributed by atoms with Crippen molar-refractivity contribution in [1.82, 2.24) is 10.2 Å². The van der Waals surface area contributed by atoms with Crippen molar-refractivity contribution >= 4 is 0 Å². The molecule has 0 radical (unpaired) electrons. The van der Waals surface area contributed by atoms with E-state index in [4.69, 9.17) is 4.42 Å². The van der Waals surface area contributed by atoms with Crippen molar-refractivity contribution in [2.45, 2.75) is 71.0 Å². The second-order valence-corrected chi connectivity index (χ2v) is 6.25. The number of nitrogens with one attached hydrogen (secondary N) is 1. The Balaban J connectivity index is 1.82. The van der Waals surface area contributed by atoms with E-state index in [0.29, 0.717) is 18.1 Å². The molecule has 1 aromatic rings. The van der Waals surface area contributed by atoms with Gasteiger partial charge in [-0.1, -0.05) is 6.92 Å². The van der Waals surface area contributed by atoms with Crippen LogP contribution in [0.3, 0.4) is 0 Å². The van der Waals surface area contributed by atoms with Crippen molar-refractivity contribution in [3.8, 4) is 0 Å². The van der Waals surface area contributed by atoms with E-state index in [2.05, 4.69) is 37.1 Å². The summed E-state index contributed by atoms with van der Waals surface area (Å²) in [5.74, 6) is 1.12. The van der Waals surface area contributed by atoms with E-state index < -0.39 is 0 Å². The fourth-order valence-corrected chi connectivity index (χ4v) is 3.11. The Morgan fingerprint density at radius 2 is 2.20 bits per heavy atom. The minimum absolute atomic E-state index is 0.639. The first-order valence-corrected chi connectivity index (χ1v) is 8.21. The molecule has 3 unspecified atom stereocenters. The fraction of sp³-hybridized carbons (Fsp3) is 0.765. The molecule has 1 fully saturated rings. The highest BCUT2D eigenvalue weighted by atomic mass is 16.3. The van der Waals surface area contributed by atoms with Crippen LogP contribution in [0.4, 0.5) is 0 Å². The molecule has 3 atom stereocenters. The molecule has 0 bridgehead atoms. The number of rotatable bonds is 5. The number of hydrogen-bond acceptors (Lipinski definition) is 3. The maximum Gasteiger partial charge on any atom is 0.103 e. The number of aryl methyl sites for hydroxylation is 1. The average Bonchev–Trinajstić information content (AvgIpc) is 2.94. The van der Waals surface area contributed by atoms with E-state index in [1.54, 1.807) is 6.26 Å². The van der Waals surface area contributed by atoms with E-state index >= 15 is 0 Å². The monoisotopic (exact) mass is 278 g/mol. The molecule has 1 aliphatic rings. The van der Waals surface area contributed by atoms with Gasteiger partial charge in [0.25, 0.3) is 0 Å². The van der Waals surface area contributed by atoms with Gasteiger partial charge in [0.05, 0.1) is 6.26 Å². The molecule has 3 nitrogen and oxygen atoms in total. The van der Waals surface area contributed by atoms with Gasteiger partial charge in [-0.2, -0.15) is 0 Å². The van der Waals surface area contributed by atoms with E-state index in [1.807, 2.05) is 6.07 Å². The van der Waals surface area contributed by atoms with Crippen LogP contribution in [0.15, 0.2) is 22.8 Å². The van der Waals surface area contributed by atoms with Crippen molar-refractivity contribution in [1.29, 1.82) is 0 Å².